The van der Waals surface area contributed by atoms with Crippen LogP contribution in [0.4, 0.5) is 0 Å². The van der Waals surface area contributed by atoms with Crippen LogP contribution < -0.4 is 5.56 Å². The normalized spacial score (nSPS) is 13.7. The van der Waals surface area contributed by atoms with E-state index in [1.54, 1.807) is 0 Å². The van der Waals surface area contributed by atoms with E-state index in [-0.39, 0.29) is 5.56 Å². The Kier molecular flexibility index (Phi) is 2.82. The standard InChI is InChI=1S/C14H13BrN2O/c1-8-5-6-9(11(15)7-8)13-16-12-4-2-3-10(12)14(18)17-13/h5-7H,2-4H2,1H3,(H,16,17,18). The first-order chi connectivity index (χ1) is 8.65. The van der Waals surface area contributed by atoms with Crippen molar-refractivity contribution in [1.29, 1.82) is 0 Å². The van der Waals surface area contributed by atoms with Crippen LogP contribution in [0.5, 0.6) is 0 Å². The third-order valence-corrected chi connectivity index (χ3v) is 3.98. The third-order valence-electron chi connectivity index (χ3n) is 3.32. The number of rotatable bonds is 1. The molecule has 0 bridgehead atoms. The lowest BCUT2D eigenvalue weighted by Gasteiger charge is -2.07. The van der Waals surface area contributed by atoms with Crippen LogP contribution >= 0.6 is 15.9 Å². The fourth-order valence-electron chi connectivity index (χ4n) is 2.38. The third kappa shape index (κ3) is 1.90. The van der Waals surface area contributed by atoms with Crippen LogP contribution in [0.25, 0.3) is 11.4 Å². The van der Waals surface area contributed by atoms with E-state index in [4.69, 9.17) is 0 Å². The number of hydrogen-bond donors (Lipinski definition) is 1. The summed E-state index contributed by atoms with van der Waals surface area (Å²) in [5, 5.41) is 0. The van der Waals surface area contributed by atoms with Crippen LogP contribution in [0.1, 0.15) is 23.2 Å². The summed E-state index contributed by atoms with van der Waals surface area (Å²) in [4.78, 5) is 19.4. The van der Waals surface area contributed by atoms with Gasteiger partial charge < -0.3 is 4.98 Å². The van der Waals surface area contributed by atoms with E-state index in [1.807, 2.05) is 25.1 Å². The maximum absolute atomic E-state index is 12.0. The lowest BCUT2D eigenvalue weighted by atomic mass is 10.1. The molecule has 0 saturated heterocycles. The molecule has 3 nitrogen and oxygen atoms in total. The number of fused-ring (bicyclic) bond motifs is 1. The number of aromatic amines is 1. The molecule has 0 amide bonds. The number of nitrogens with zero attached hydrogens (tertiary/aromatic N) is 1. The van der Waals surface area contributed by atoms with Gasteiger partial charge in [-0.25, -0.2) is 4.98 Å². The minimum atomic E-state index is 0.0139. The highest BCUT2D eigenvalue weighted by Gasteiger charge is 2.18. The van der Waals surface area contributed by atoms with Crippen molar-refractivity contribution in [3.05, 3.63) is 49.8 Å². The van der Waals surface area contributed by atoms with Crippen molar-refractivity contribution in [1.82, 2.24) is 9.97 Å². The second kappa shape index (κ2) is 4.35. The van der Waals surface area contributed by atoms with Crippen LogP contribution in [0.3, 0.4) is 0 Å². The van der Waals surface area contributed by atoms with Gasteiger partial charge in [-0.05, 0) is 43.9 Å². The van der Waals surface area contributed by atoms with Gasteiger partial charge in [-0.3, -0.25) is 4.79 Å². The Morgan fingerprint density at radius 1 is 1.33 bits per heavy atom. The molecule has 1 aromatic heterocycles. The van der Waals surface area contributed by atoms with Crippen molar-refractivity contribution in [3.63, 3.8) is 0 Å². The smallest absolute Gasteiger partial charge is 0.254 e. The molecule has 3 rings (SSSR count). The molecule has 92 valence electrons. The van der Waals surface area contributed by atoms with Gasteiger partial charge >= 0.3 is 0 Å². The SMILES string of the molecule is Cc1ccc(-c2nc3c(c(=O)[nH]2)CCC3)c(Br)c1. The maximum atomic E-state index is 12.0. The zero-order valence-electron chi connectivity index (χ0n) is 10.1. The Morgan fingerprint density at radius 2 is 2.17 bits per heavy atom. The van der Waals surface area contributed by atoms with Crippen molar-refractivity contribution in [2.75, 3.05) is 0 Å². The molecular formula is C14H13BrN2O. The molecule has 0 atom stereocenters. The molecule has 4 heteroatoms. The number of hydrogen-bond acceptors (Lipinski definition) is 2. The summed E-state index contributed by atoms with van der Waals surface area (Å²) in [5.41, 5.74) is 3.95. The predicted octanol–water partition coefficient (Wildman–Crippen LogP) is 3.00. The minimum Gasteiger partial charge on any atom is -0.306 e. The number of aromatic nitrogens is 2. The monoisotopic (exact) mass is 304 g/mol. The molecular weight excluding hydrogens is 292 g/mol. The lowest BCUT2D eigenvalue weighted by Crippen LogP contribution is -2.15. The van der Waals surface area contributed by atoms with Crippen LogP contribution in [-0.4, -0.2) is 9.97 Å². The van der Waals surface area contributed by atoms with E-state index in [0.717, 1.165) is 40.6 Å². The van der Waals surface area contributed by atoms with Gasteiger partial charge in [0.05, 0.1) is 5.69 Å². The number of H-pyrrole nitrogens is 1. The molecule has 2 aromatic rings. The van der Waals surface area contributed by atoms with E-state index in [1.165, 1.54) is 5.56 Å². The summed E-state index contributed by atoms with van der Waals surface area (Å²) >= 11 is 3.53. The van der Waals surface area contributed by atoms with Crippen LogP contribution in [0.15, 0.2) is 27.5 Å². The Bertz CT molecular complexity index is 676. The zero-order chi connectivity index (χ0) is 12.7. The summed E-state index contributed by atoms with van der Waals surface area (Å²) in [6, 6.07) is 6.04. The summed E-state index contributed by atoms with van der Waals surface area (Å²) in [6.45, 7) is 2.04. The van der Waals surface area contributed by atoms with E-state index in [0.29, 0.717) is 5.82 Å². The molecule has 0 radical (unpaired) electrons. The first-order valence-electron chi connectivity index (χ1n) is 6.04. The number of nitrogens with one attached hydrogen (secondary N) is 1. The van der Waals surface area contributed by atoms with Gasteiger partial charge in [-0.2, -0.15) is 0 Å². The minimum absolute atomic E-state index is 0.0139. The average molecular weight is 305 g/mol. The Hall–Kier alpha value is -1.42. The maximum Gasteiger partial charge on any atom is 0.254 e. The van der Waals surface area contributed by atoms with Crippen LogP contribution in [0.2, 0.25) is 0 Å². The number of benzene rings is 1. The Balaban J connectivity index is 2.18. The number of halogens is 1. The lowest BCUT2D eigenvalue weighted by molar-refractivity contribution is 0.899. The van der Waals surface area contributed by atoms with Gasteiger partial charge in [0.25, 0.3) is 5.56 Å². The molecule has 0 spiro atoms. The fourth-order valence-corrected chi connectivity index (χ4v) is 3.06. The van der Waals surface area contributed by atoms with Gasteiger partial charge in [0, 0.05) is 15.6 Å². The molecule has 0 aliphatic heterocycles. The molecule has 0 saturated carbocycles. The van der Waals surface area contributed by atoms with Crippen LogP contribution in [0, 0.1) is 6.92 Å². The number of aryl methyl sites for hydroxylation is 2. The van der Waals surface area contributed by atoms with Gasteiger partial charge in [-0.1, -0.05) is 22.0 Å². The van der Waals surface area contributed by atoms with Crippen molar-refractivity contribution < 1.29 is 0 Å². The summed E-state index contributed by atoms with van der Waals surface area (Å²) in [5.74, 6) is 0.660. The second-order valence-electron chi connectivity index (χ2n) is 4.68. The van der Waals surface area contributed by atoms with E-state index in [9.17, 15) is 4.79 Å². The van der Waals surface area contributed by atoms with Gasteiger partial charge in [0.2, 0.25) is 0 Å². The molecule has 1 aliphatic carbocycles. The first-order valence-corrected chi connectivity index (χ1v) is 6.83. The summed E-state index contributed by atoms with van der Waals surface area (Å²) < 4.78 is 0.962. The molecule has 1 aliphatic rings. The van der Waals surface area contributed by atoms with E-state index >= 15 is 0 Å². The Labute approximate surface area is 113 Å². The van der Waals surface area contributed by atoms with E-state index < -0.39 is 0 Å². The first kappa shape index (κ1) is 11.7. The highest BCUT2D eigenvalue weighted by atomic mass is 79.9. The highest BCUT2D eigenvalue weighted by molar-refractivity contribution is 9.10. The molecule has 1 aromatic carbocycles. The van der Waals surface area contributed by atoms with Crippen molar-refractivity contribution in [3.8, 4) is 11.4 Å². The summed E-state index contributed by atoms with van der Waals surface area (Å²) in [6.07, 6.45) is 2.80. The fraction of sp³-hybridized carbons (Fsp3) is 0.286. The quantitative estimate of drug-likeness (QED) is 0.880. The highest BCUT2D eigenvalue weighted by Crippen LogP contribution is 2.27. The topological polar surface area (TPSA) is 45.8 Å². The van der Waals surface area contributed by atoms with Crippen molar-refractivity contribution in [2.45, 2.75) is 26.2 Å². The van der Waals surface area contributed by atoms with Gasteiger partial charge in [0.1, 0.15) is 5.82 Å². The zero-order valence-corrected chi connectivity index (χ0v) is 11.7. The van der Waals surface area contributed by atoms with Gasteiger partial charge in [-0.15, -0.1) is 0 Å². The molecule has 1 N–H and O–H groups in total. The largest absolute Gasteiger partial charge is 0.306 e. The van der Waals surface area contributed by atoms with Crippen molar-refractivity contribution >= 4 is 15.9 Å². The van der Waals surface area contributed by atoms with Crippen LogP contribution in [-0.2, 0) is 12.8 Å². The van der Waals surface area contributed by atoms with E-state index in [2.05, 4.69) is 25.9 Å². The average Bonchev–Trinajstić information content (AvgIpc) is 2.77. The predicted molar refractivity (Wildman–Crippen MR) is 74.8 cm³/mol. The second-order valence-corrected chi connectivity index (χ2v) is 5.53. The van der Waals surface area contributed by atoms with Gasteiger partial charge in [0.15, 0.2) is 0 Å². The molecule has 1 heterocycles. The van der Waals surface area contributed by atoms with Crippen molar-refractivity contribution in [2.24, 2.45) is 0 Å². The molecule has 18 heavy (non-hydrogen) atoms. The Morgan fingerprint density at radius 3 is 2.94 bits per heavy atom. The molecule has 0 unspecified atom stereocenters. The molecule has 0 fully saturated rings. The summed E-state index contributed by atoms with van der Waals surface area (Å²) in [7, 11) is 0.